The molecule has 1 aliphatic carbocycles. The van der Waals surface area contributed by atoms with Crippen LogP contribution >= 0.6 is 0 Å². The van der Waals surface area contributed by atoms with Gasteiger partial charge >= 0.3 is 0 Å². The summed E-state index contributed by atoms with van der Waals surface area (Å²) in [6, 6.07) is 0.480. The average Bonchev–Trinajstić information content (AvgIpc) is 3.33. The number of hydrogen-bond donors (Lipinski definition) is 0. The van der Waals surface area contributed by atoms with Crippen molar-refractivity contribution in [2.24, 2.45) is 23.2 Å². The molecule has 1 saturated carbocycles. The Morgan fingerprint density at radius 1 is 0.885 bits per heavy atom. The molecule has 152 valence electrons. The lowest BCUT2D eigenvalue weighted by Gasteiger charge is -2.43. The predicted molar refractivity (Wildman–Crippen MR) is 105 cm³/mol. The normalized spacial score (nSPS) is 26.8. The Kier molecular flexibility index (Phi) is 6.33. The Labute approximate surface area is 159 Å². The molecule has 0 amide bonds. The summed E-state index contributed by atoms with van der Waals surface area (Å²) in [5.41, 5.74) is 0.521. The second-order valence-electron chi connectivity index (χ2n) is 10.2. The van der Waals surface area contributed by atoms with Crippen LogP contribution in [0.4, 0.5) is 8.78 Å². The number of piperidine rings is 2. The molecular formula is C22H40F2N2. The third kappa shape index (κ3) is 4.79. The lowest BCUT2D eigenvalue weighted by atomic mass is 9.78. The van der Waals surface area contributed by atoms with Gasteiger partial charge in [-0.2, -0.15) is 0 Å². The Bertz CT molecular complexity index is 443. The van der Waals surface area contributed by atoms with E-state index in [1.807, 2.05) is 0 Å². The lowest BCUT2D eigenvalue weighted by Crippen LogP contribution is -2.49. The van der Waals surface area contributed by atoms with E-state index >= 15 is 8.78 Å². The number of alkyl halides is 2. The summed E-state index contributed by atoms with van der Waals surface area (Å²) >= 11 is 0. The average molecular weight is 371 g/mol. The van der Waals surface area contributed by atoms with Crippen molar-refractivity contribution in [3.05, 3.63) is 0 Å². The van der Waals surface area contributed by atoms with Gasteiger partial charge in [0.05, 0.1) is 0 Å². The van der Waals surface area contributed by atoms with Crippen molar-refractivity contribution in [3.63, 3.8) is 0 Å². The molecule has 0 bridgehead atoms. The summed E-state index contributed by atoms with van der Waals surface area (Å²) < 4.78 is 30.3. The van der Waals surface area contributed by atoms with Gasteiger partial charge in [0, 0.05) is 24.4 Å². The maximum Gasteiger partial charge on any atom is 0.253 e. The van der Waals surface area contributed by atoms with Gasteiger partial charge in [-0.15, -0.1) is 0 Å². The first-order valence-corrected chi connectivity index (χ1v) is 11.1. The highest BCUT2D eigenvalue weighted by Gasteiger charge is 2.49. The van der Waals surface area contributed by atoms with Crippen LogP contribution in [0, 0.1) is 23.2 Å². The lowest BCUT2D eigenvalue weighted by molar-refractivity contribution is -0.138. The zero-order valence-electron chi connectivity index (χ0n) is 17.4. The molecule has 0 spiro atoms. The zero-order valence-corrected chi connectivity index (χ0v) is 17.4. The highest BCUT2D eigenvalue weighted by Crippen LogP contribution is 2.52. The van der Waals surface area contributed by atoms with Gasteiger partial charge in [-0.05, 0) is 96.3 Å². The molecule has 0 aromatic rings. The van der Waals surface area contributed by atoms with Gasteiger partial charge in [0.2, 0.25) is 0 Å². The summed E-state index contributed by atoms with van der Waals surface area (Å²) in [7, 11) is 0. The maximum atomic E-state index is 15.1. The predicted octanol–water partition coefficient (Wildman–Crippen LogP) is 5.28. The van der Waals surface area contributed by atoms with Crippen LogP contribution in [0.25, 0.3) is 0 Å². The molecule has 4 heteroatoms. The quantitative estimate of drug-likeness (QED) is 0.601. The minimum Gasteiger partial charge on any atom is -0.303 e. The molecule has 0 atom stereocenters. The van der Waals surface area contributed by atoms with E-state index in [2.05, 4.69) is 37.5 Å². The minimum absolute atomic E-state index is 0.394. The monoisotopic (exact) mass is 370 g/mol. The van der Waals surface area contributed by atoms with Crippen molar-refractivity contribution in [2.75, 3.05) is 32.7 Å². The molecule has 0 radical (unpaired) electrons. The van der Waals surface area contributed by atoms with Gasteiger partial charge in [0.25, 0.3) is 5.92 Å². The summed E-state index contributed by atoms with van der Waals surface area (Å²) in [6.07, 6.45) is 6.71. The number of rotatable bonds is 7. The van der Waals surface area contributed by atoms with E-state index < -0.39 is 17.8 Å². The van der Waals surface area contributed by atoms with Gasteiger partial charge < -0.3 is 9.80 Å². The molecule has 0 unspecified atom stereocenters. The fourth-order valence-corrected chi connectivity index (χ4v) is 5.55. The van der Waals surface area contributed by atoms with Crippen molar-refractivity contribution < 1.29 is 8.78 Å². The summed E-state index contributed by atoms with van der Waals surface area (Å²) in [5.74, 6) is -2.51. The van der Waals surface area contributed by atoms with Gasteiger partial charge in [-0.25, -0.2) is 8.78 Å². The van der Waals surface area contributed by atoms with Crippen LogP contribution in [0.1, 0.15) is 72.6 Å². The molecule has 3 fully saturated rings. The van der Waals surface area contributed by atoms with Crippen LogP contribution in [0.5, 0.6) is 0 Å². The first-order valence-electron chi connectivity index (χ1n) is 11.1. The van der Waals surface area contributed by atoms with E-state index in [4.69, 9.17) is 0 Å². The topological polar surface area (TPSA) is 6.48 Å². The number of nitrogens with zero attached hydrogens (tertiary/aromatic N) is 2. The Balaban J connectivity index is 1.46. The van der Waals surface area contributed by atoms with E-state index in [9.17, 15) is 0 Å². The van der Waals surface area contributed by atoms with Gasteiger partial charge in [-0.3, -0.25) is 0 Å². The van der Waals surface area contributed by atoms with Crippen molar-refractivity contribution in [1.82, 2.24) is 9.80 Å². The van der Waals surface area contributed by atoms with Crippen LogP contribution in [-0.4, -0.2) is 54.5 Å². The van der Waals surface area contributed by atoms with Crippen molar-refractivity contribution in [2.45, 2.75) is 84.6 Å². The molecule has 26 heavy (non-hydrogen) atoms. The van der Waals surface area contributed by atoms with Crippen molar-refractivity contribution >= 4 is 0 Å². The van der Waals surface area contributed by atoms with Crippen LogP contribution in [0.3, 0.4) is 0 Å². The Morgan fingerprint density at radius 2 is 1.38 bits per heavy atom. The van der Waals surface area contributed by atoms with Crippen LogP contribution in [0.2, 0.25) is 0 Å². The van der Waals surface area contributed by atoms with E-state index in [1.165, 1.54) is 19.3 Å². The van der Waals surface area contributed by atoms with Gasteiger partial charge in [0.1, 0.15) is 0 Å². The van der Waals surface area contributed by atoms with Crippen LogP contribution in [-0.2, 0) is 0 Å². The summed E-state index contributed by atoms with van der Waals surface area (Å²) in [4.78, 5) is 4.84. The highest BCUT2D eigenvalue weighted by molar-refractivity contribution is 4.98. The first kappa shape index (κ1) is 20.5. The summed E-state index contributed by atoms with van der Waals surface area (Å²) in [6.45, 7) is 13.5. The van der Waals surface area contributed by atoms with E-state index in [0.29, 0.717) is 37.1 Å². The molecule has 3 aliphatic rings. The summed E-state index contributed by atoms with van der Waals surface area (Å²) in [5, 5.41) is 0. The Morgan fingerprint density at radius 3 is 1.81 bits per heavy atom. The van der Waals surface area contributed by atoms with Crippen molar-refractivity contribution in [3.8, 4) is 0 Å². The molecule has 0 aromatic carbocycles. The van der Waals surface area contributed by atoms with E-state index in [-0.39, 0.29) is 0 Å². The second-order valence-corrected chi connectivity index (χ2v) is 10.2. The standard InChI is InChI=1S/C22H40F2N2/c1-17(2)15-21(9-10-21)16-25-11-5-19(6-12-25)22(23,24)20-7-13-26(14-8-20)18(3)4/h17-20H,5-16H2,1-4H3. The fraction of sp³-hybridized carbons (Fsp3) is 1.00. The molecule has 2 saturated heterocycles. The molecule has 2 nitrogen and oxygen atoms in total. The Hall–Kier alpha value is -0.220. The molecular weight excluding hydrogens is 330 g/mol. The fourth-order valence-electron chi connectivity index (χ4n) is 5.55. The number of halogens is 2. The largest absolute Gasteiger partial charge is 0.303 e. The number of hydrogen-bond acceptors (Lipinski definition) is 2. The van der Waals surface area contributed by atoms with E-state index in [0.717, 1.165) is 38.6 Å². The second kappa shape index (κ2) is 8.03. The van der Waals surface area contributed by atoms with Crippen LogP contribution < -0.4 is 0 Å². The third-order valence-electron chi connectivity index (χ3n) is 7.29. The zero-order chi connectivity index (χ0) is 18.9. The highest BCUT2D eigenvalue weighted by atomic mass is 19.3. The molecule has 3 rings (SSSR count). The van der Waals surface area contributed by atoms with Crippen LogP contribution in [0.15, 0.2) is 0 Å². The smallest absolute Gasteiger partial charge is 0.253 e. The molecule has 2 aliphatic heterocycles. The number of likely N-dealkylation sites (tertiary alicyclic amines) is 2. The third-order valence-corrected chi connectivity index (χ3v) is 7.29. The van der Waals surface area contributed by atoms with E-state index in [1.54, 1.807) is 0 Å². The van der Waals surface area contributed by atoms with Crippen molar-refractivity contribution in [1.29, 1.82) is 0 Å². The van der Waals surface area contributed by atoms with Gasteiger partial charge in [-0.1, -0.05) is 13.8 Å². The molecule has 2 heterocycles. The molecule has 0 N–H and O–H groups in total. The molecule has 0 aromatic heterocycles. The minimum atomic E-state index is -2.47. The maximum absolute atomic E-state index is 15.1. The van der Waals surface area contributed by atoms with Gasteiger partial charge in [0.15, 0.2) is 0 Å². The first-order chi connectivity index (χ1) is 12.2. The SMILES string of the molecule is CC(C)CC1(CN2CCC(C(F)(F)C3CCN(C(C)C)CC3)CC2)CC1.